The number of rotatable bonds is 8. The first-order valence-corrected chi connectivity index (χ1v) is 13.3. The summed E-state index contributed by atoms with van der Waals surface area (Å²) in [6.07, 6.45) is 6.19. The minimum atomic E-state index is -0.00950. The zero-order valence-corrected chi connectivity index (χ0v) is 21.3. The van der Waals surface area contributed by atoms with Gasteiger partial charge in [-0.2, -0.15) is 5.26 Å². The number of nitrogens with one attached hydrogen (secondary N) is 1. The first-order chi connectivity index (χ1) is 17.5. The van der Waals surface area contributed by atoms with Crippen LogP contribution in [-0.2, 0) is 10.2 Å². The fourth-order valence-corrected chi connectivity index (χ4v) is 5.53. The predicted octanol–water partition coefficient (Wildman–Crippen LogP) is 7.04. The maximum Gasteiger partial charge on any atom is 0.224 e. The summed E-state index contributed by atoms with van der Waals surface area (Å²) in [5.41, 5.74) is 4.91. The third kappa shape index (κ3) is 5.98. The second-order valence-electron chi connectivity index (χ2n) is 10.3. The summed E-state index contributed by atoms with van der Waals surface area (Å²) in [7, 11) is 0. The summed E-state index contributed by atoms with van der Waals surface area (Å²) in [4.78, 5) is 15.5. The highest BCUT2D eigenvalue weighted by atomic mass is 35.5. The Morgan fingerprint density at radius 1 is 1.00 bits per heavy atom. The number of benzene rings is 3. The molecule has 0 bridgehead atoms. The highest BCUT2D eigenvalue weighted by Crippen LogP contribution is 2.41. The van der Waals surface area contributed by atoms with Crippen molar-refractivity contribution in [3.05, 3.63) is 88.9 Å². The average molecular weight is 498 g/mol. The minimum Gasteiger partial charge on any atom is -0.326 e. The summed E-state index contributed by atoms with van der Waals surface area (Å²) in [5, 5.41) is 12.9. The lowest BCUT2D eigenvalue weighted by Crippen LogP contribution is -2.43. The largest absolute Gasteiger partial charge is 0.326 e. The molecule has 3 aromatic carbocycles. The average Bonchev–Trinajstić information content (AvgIpc) is 3.74. The van der Waals surface area contributed by atoms with Crippen LogP contribution in [0.4, 0.5) is 5.69 Å². The molecule has 184 valence electrons. The first kappa shape index (κ1) is 24.6. The van der Waals surface area contributed by atoms with Gasteiger partial charge in [-0.05, 0) is 110 Å². The molecule has 2 fully saturated rings. The van der Waals surface area contributed by atoms with Crippen molar-refractivity contribution in [3.63, 3.8) is 0 Å². The van der Waals surface area contributed by atoms with Gasteiger partial charge in [0, 0.05) is 23.7 Å². The molecule has 0 unspecified atom stereocenters. The monoisotopic (exact) mass is 497 g/mol. The molecule has 4 nitrogen and oxygen atoms in total. The molecule has 1 saturated heterocycles. The Labute approximate surface area is 218 Å². The number of nitrogens with zero attached hydrogens (tertiary/aromatic N) is 2. The molecule has 0 atom stereocenters. The van der Waals surface area contributed by atoms with E-state index < -0.39 is 0 Å². The summed E-state index contributed by atoms with van der Waals surface area (Å²) in [5.74, 6) is 0.938. The van der Waals surface area contributed by atoms with Crippen molar-refractivity contribution in [2.24, 2.45) is 5.92 Å². The summed E-state index contributed by atoms with van der Waals surface area (Å²) in [6, 6.07) is 26.0. The number of anilines is 1. The molecule has 1 heterocycles. The van der Waals surface area contributed by atoms with Crippen molar-refractivity contribution >= 4 is 23.2 Å². The quantitative estimate of drug-likeness (QED) is 0.363. The molecule has 1 amide bonds. The van der Waals surface area contributed by atoms with Gasteiger partial charge in [-0.15, -0.1) is 0 Å². The van der Waals surface area contributed by atoms with Gasteiger partial charge in [0.15, 0.2) is 0 Å². The van der Waals surface area contributed by atoms with Gasteiger partial charge in [0.2, 0.25) is 5.91 Å². The Morgan fingerprint density at radius 2 is 1.72 bits per heavy atom. The standard InChI is InChI=1S/C31H32ClN3O/c32-28-10-12-29(13-11-28)34-30(36)14-15-31(16-18-35(19-17-31)22-23-4-5-23)27-8-6-25(7-9-27)26-3-1-2-24(20-26)21-33/h1-3,6-13,20,23H,4-5,14-19,22H2,(H,34,36). The van der Waals surface area contributed by atoms with Crippen LogP contribution in [0.3, 0.4) is 0 Å². The van der Waals surface area contributed by atoms with E-state index in [9.17, 15) is 10.1 Å². The topological polar surface area (TPSA) is 56.1 Å². The molecule has 1 aliphatic carbocycles. The van der Waals surface area contributed by atoms with E-state index in [2.05, 4.69) is 40.6 Å². The summed E-state index contributed by atoms with van der Waals surface area (Å²) >= 11 is 5.98. The van der Waals surface area contributed by atoms with Crippen molar-refractivity contribution in [3.8, 4) is 17.2 Å². The van der Waals surface area contributed by atoms with Gasteiger partial charge >= 0.3 is 0 Å². The molecule has 1 aliphatic heterocycles. The second-order valence-corrected chi connectivity index (χ2v) is 10.8. The van der Waals surface area contributed by atoms with Crippen molar-refractivity contribution < 1.29 is 4.79 Å². The molecule has 0 aromatic heterocycles. The number of hydrogen-bond donors (Lipinski definition) is 1. The van der Waals surface area contributed by atoms with Crippen molar-refractivity contribution in [1.82, 2.24) is 4.90 Å². The van der Waals surface area contributed by atoms with Gasteiger partial charge in [-0.25, -0.2) is 0 Å². The number of carbonyl (C=O) groups excluding carboxylic acids is 1. The van der Waals surface area contributed by atoms with Crippen LogP contribution in [0.25, 0.3) is 11.1 Å². The van der Waals surface area contributed by atoms with Crippen LogP contribution in [0.15, 0.2) is 72.8 Å². The smallest absolute Gasteiger partial charge is 0.224 e. The Morgan fingerprint density at radius 3 is 2.39 bits per heavy atom. The summed E-state index contributed by atoms with van der Waals surface area (Å²) in [6.45, 7) is 3.39. The molecular weight excluding hydrogens is 466 g/mol. The van der Waals surface area contributed by atoms with Crippen LogP contribution < -0.4 is 5.32 Å². The van der Waals surface area contributed by atoms with E-state index in [1.165, 1.54) is 24.9 Å². The molecular formula is C31H32ClN3O. The molecule has 1 N–H and O–H groups in total. The molecule has 1 saturated carbocycles. The van der Waals surface area contributed by atoms with Crippen LogP contribution in [-0.4, -0.2) is 30.4 Å². The lowest BCUT2D eigenvalue weighted by atomic mass is 9.69. The second kappa shape index (κ2) is 10.9. The van der Waals surface area contributed by atoms with E-state index in [-0.39, 0.29) is 11.3 Å². The molecule has 2 aliphatic rings. The summed E-state index contributed by atoms with van der Waals surface area (Å²) < 4.78 is 0. The van der Waals surface area contributed by atoms with E-state index >= 15 is 0 Å². The van der Waals surface area contributed by atoms with Gasteiger partial charge in [0.25, 0.3) is 0 Å². The Bertz CT molecular complexity index is 1230. The Kier molecular flexibility index (Phi) is 7.41. The van der Waals surface area contributed by atoms with E-state index in [0.717, 1.165) is 55.1 Å². The highest BCUT2D eigenvalue weighted by Gasteiger charge is 2.37. The van der Waals surface area contributed by atoms with E-state index in [0.29, 0.717) is 17.0 Å². The van der Waals surface area contributed by atoms with E-state index in [1.807, 2.05) is 36.4 Å². The van der Waals surface area contributed by atoms with Crippen LogP contribution >= 0.6 is 11.6 Å². The van der Waals surface area contributed by atoms with Crippen molar-refractivity contribution in [2.75, 3.05) is 25.0 Å². The molecule has 0 spiro atoms. The molecule has 0 radical (unpaired) electrons. The first-order valence-electron chi connectivity index (χ1n) is 12.9. The number of hydrogen-bond acceptors (Lipinski definition) is 3. The number of nitriles is 1. The lowest BCUT2D eigenvalue weighted by molar-refractivity contribution is -0.116. The normalized spacial score (nSPS) is 17.3. The van der Waals surface area contributed by atoms with Crippen LogP contribution in [0.5, 0.6) is 0 Å². The fraction of sp³-hybridized carbons (Fsp3) is 0.355. The number of likely N-dealkylation sites (tertiary alicyclic amines) is 1. The zero-order valence-electron chi connectivity index (χ0n) is 20.6. The van der Waals surface area contributed by atoms with Gasteiger partial charge in [-0.3, -0.25) is 4.79 Å². The van der Waals surface area contributed by atoms with Crippen molar-refractivity contribution in [2.45, 2.75) is 43.9 Å². The Hall–Kier alpha value is -3.13. The van der Waals surface area contributed by atoms with Crippen LogP contribution in [0, 0.1) is 17.2 Å². The van der Waals surface area contributed by atoms with Gasteiger partial charge < -0.3 is 10.2 Å². The number of halogens is 1. The highest BCUT2D eigenvalue weighted by molar-refractivity contribution is 6.30. The minimum absolute atomic E-state index is 0.00950. The van der Waals surface area contributed by atoms with Crippen LogP contribution in [0.2, 0.25) is 5.02 Å². The van der Waals surface area contributed by atoms with Crippen LogP contribution in [0.1, 0.15) is 49.7 Å². The molecule has 3 aromatic rings. The van der Waals surface area contributed by atoms with Gasteiger partial charge in [0.1, 0.15) is 0 Å². The third-order valence-corrected chi connectivity index (χ3v) is 8.06. The maximum atomic E-state index is 12.9. The number of amides is 1. The van der Waals surface area contributed by atoms with E-state index in [1.54, 1.807) is 12.1 Å². The number of carbonyl (C=O) groups is 1. The third-order valence-electron chi connectivity index (χ3n) is 7.81. The number of piperidine rings is 1. The zero-order chi connectivity index (χ0) is 25.0. The maximum absolute atomic E-state index is 12.9. The van der Waals surface area contributed by atoms with E-state index in [4.69, 9.17) is 11.6 Å². The van der Waals surface area contributed by atoms with Crippen molar-refractivity contribution in [1.29, 1.82) is 5.26 Å². The molecule has 5 rings (SSSR count). The van der Waals surface area contributed by atoms with Gasteiger partial charge in [0.05, 0.1) is 11.6 Å². The molecule has 5 heteroatoms. The SMILES string of the molecule is N#Cc1cccc(-c2ccc(C3(CCC(=O)Nc4ccc(Cl)cc4)CCN(CC4CC4)CC3)cc2)c1. The molecule has 36 heavy (non-hydrogen) atoms. The predicted molar refractivity (Wildman–Crippen MR) is 146 cm³/mol. The lowest BCUT2D eigenvalue weighted by Gasteiger charge is -2.42. The Balaban J connectivity index is 1.32. The fourth-order valence-electron chi connectivity index (χ4n) is 5.41. The van der Waals surface area contributed by atoms with Gasteiger partial charge in [-0.1, -0.05) is 48.0 Å².